The molecule has 1 amide bonds. The summed E-state index contributed by atoms with van der Waals surface area (Å²) in [5.41, 5.74) is 7.63. The van der Waals surface area contributed by atoms with Gasteiger partial charge in [-0.1, -0.05) is 27.2 Å². The number of rotatable bonds is 6. The van der Waals surface area contributed by atoms with Gasteiger partial charge >= 0.3 is 0 Å². The van der Waals surface area contributed by atoms with Crippen LogP contribution in [-0.4, -0.2) is 26.8 Å². The van der Waals surface area contributed by atoms with E-state index in [0.717, 1.165) is 30.0 Å². The maximum atomic E-state index is 13.2. The Morgan fingerprint density at radius 1 is 1.41 bits per heavy atom. The molecule has 0 aliphatic heterocycles. The monoisotopic (exact) mass is 371 g/mol. The van der Waals surface area contributed by atoms with Crippen LogP contribution in [0.25, 0.3) is 11.4 Å². The Kier molecular flexibility index (Phi) is 6.05. The number of hydrogen-bond donors (Lipinski definition) is 2. The van der Waals surface area contributed by atoms with E-state index in [0.29, 0.717) is 30.8 Å². The van der Waals surface area contributed by atoms with Crippen molar-refractivity contribution in [1.82, 2.24) is 14.3 Å². The fourth-order valence-corrected chi connectivity index (χ4v) is 4.39. The minimum Gasteiger partial charge on any atom is -0.349 e. The highest BCUT2D eigenvalue weighted by Gasteiger charge is 2.35. The molecule has 148 valence electrons. The van der Waals surface area contributed by atoms with Crippen molar-refractivity contribution >= 4 is 11.7 Å². The molecule has 0 bridgehead atoms. The predicted octanol–water partition coefficient (Wildman–Crippen LogP) is 3.49. The van der Waals surface area contributed by atoms with Gasteiger partial charge in [-0.3, -0.25) is 4.79 Å². The van der Waals surface area contributed by atoms with Gasteiger partial charge in [0.15, 0.2) is 0 Å². The summed E-state index contributed by atoms with van der Waals surface area (Å²) in [6.45, 7) is 7.77. The van der Waals surface area contributed by atoms with Crippen LogP contribution in [0.3, 0.4) is 0 Å². The molecule has 1 fully saturated rings. The first-order chi connectivity index (χ1) is 12.9. The van der Waals surface area contributed by atoms with Crippen molar-refractivity contribution in [1.29, 1.82) is 0 Å². The van der Waals surface area contributed by atoms with Gasteiger partial charge in [-0.05, 0) is 42.7 Å². The largest absolute Gasteiger partial charge is 0.349 e. The summed E-state index contributed by atoms with van der Waals surface area (Å²) < 4.78 is 3.84. The molecule has 1 saturated carbocycles. The van der Waals surface area contributed by atoms with Gasteiger partial charge in [0.2, 0.25) is 5.91 Å². The Balaban J connectivity index is 1.84. The van der Waals surface area contributed by atoms with E-state index in [2.05, 4.69) is 31.2 Å². The summed E-state index contributed by atoms with van der Waals surface area (Å²) in [7, 11) is 1.99. The standard InChI is InChI=1S/C21H33N5O/c1-14(2)16-8-7-15(3)12-17(16)21(27)23-20-13-18(24-26(20)11-9-22)19-6-5-10-25(19)4/h5-6,10,13-17H,7-9,11-12,22H2,1-4H3,(H,23,27)/t15-,16+,17-/m1/s1. The molecule has 27 heavy (non-hydrogen) atoms. The van der Waals surface area contributed by atoms with Crippen molar-refractivity contribution in [3.05, 3.63) is 24.4 Å². The second kappa shape index (κ2) is 8.30. The van der Waals surface area contributed by atoms with Crippen molar-refractivity contribution < 1.29 is 4.79 Å². The second-order valence-corrected chi connectivity index (χ2v) is 8.35. The van der Waals surface area contributed by atoms with Gasteiger partial charge in [0.1, 0.15) is 11.5 Å². The molecule has 2 aromatic heterocycles. The lowest BCUT2D eigenvalue weighted by atomic mass is 9.70. The zero-order valence-electron chi connectivity index (χ0n) is 17.0. The molecule has 1 aliphatic rings. The third-order valence-electron chi connectivity index (χ3n) is 5.94. The third-order valence-corrected chi connectivity index (χ3v) is 5.94. The molecule has 2 aromatic rings. The van der Waals surface area contributed by atoms with Gasteiger partial charge in [0, 0.05) is 31.8 Å². The van der Waals surface area contributed by atoms with Gasteiger partial charge < -0.3 is 15.6 Å². The number of hydrogen-bond acceptors (Lipinski definition) is 3. The summed E-state index contributed by atoms with van der Waals surface area (Å²) in [5.74, 6) is 2.48. The van der Waals surface area contributed by atoms with Crippen molar-refractivity contribution in [2.24, 2.45) is 36.5 Å². The van der Waals surface area contributed by atoms with Gasteiger partial charge in [-0.25, -0.2) is 4.68 Å². The van der Waals surface area contributed by atoms with Crippen molar-refractivity contribution in [2.75, 3.05) is 11.9 Å². The minimum absolute atomic E-state index is 0.0634. The van der Waals surface area contributed by atoms with E-state index < -0.39 is 0 Å². The number of nitrogens with zero attached hydrogens (tertiary/aromatic N) is 3. The van der Waals surface area contributed by atoms with Crippen LogP contribution >= 0.6 is 0 Å². The van der Waals surface area contributed by atoms with Crippen LogP contribution < -0.4 is 11.1 Å². The smallest absolute Gasteiger partial charge is 0.228 e. The molecule has 0 saturated heterocycles. The summed E-state index contributed by atoms with van der Waals surface area (Å²) in [6, 6.07) is 5.98. The number of aryl methyl sites for hydroxylation is 1. The molecule has 6 nitrogen and oxygen atoms in total. The number of anilines is 1. The number of carbonyl (C=O) groups excluding carboxylic acids is 1. The fraction of sp³-hybridized carbons (Fsp3) is 0.619. The molecule has 3 rings (SSSR count). The van der Waals surface area contributed by atoms with Crippen LogP contribution in [0.15, 0.2) is 24.4 Å². The Bertz CT molecular complexity index is 775. The maximum Gasteiger partial charge on any atom is 0.228 e. The molecule has 2 heterocycles. The predicted molar refractivity (Wildman–Crippen MR) is 109 cm³/mol. The van der Waals surface area contributed by atoms with Gasteiger partial charge in [0.05, 0.1) is 12.2 Å². The van der Waals surface area contributed by atoms with Gasteiger partial charge in [0.25, 0.3) is 0 Å². The second-order valence-electron chi connectivity index (χ2n) is 8.35. The highest BCUT2D eigenvalue weighted by atomic mass is 16.2. The Morgan fingerprint density at radius 3 is 2.81 bits per heavy atom. The lowest BCUT2D eigenvalue weighted by molar-refractivity contribution is -0.124. The maximum absolute atomic E-state index is 13.2. The van der Waals surface area contributed by atoms with Crippen molar-refractivity contribution in [3.8, 4) is 11.4 Å². The number of aromatic nitrogens is 3. The van der Waals surface area contributed by atoms with E-state index in [4.69, 9.17) is 5.73 Å². The summed E-state index contributed by atoms with van der Waals surface area (Å²) in [5, 5.41) is 7.84. The molecular weight excluding hydrogens is 338 g/mol. The molecule has 0 unspecified atom stereocenters. The lowest BCUT2D eigenvalue weighted by Crippen LogP contribution is -2.37. The quantitative estimate of drug-likeness (QED) is 0.816. The zero-order chi connectivity index (χ0) is 19.6. The SMILES string of the molecule is CC(C)[C@@H]1CC[C@@H](C)C[C@H]1C(=O)Nc1cc(-c2cccn2C)nn1CCN. The van der Waals surface area contributed by atoms with Crippen LogP contribution in [0.4, 0.5) is 5.82 Å². The van der Waals surface area contributed by atoms with Gasteiger partial charge in [-0.2, -0.15) is 5.10 Å². The number of nitrogens with two attached hydrogens (primary N) is 1. The average molecular weight is 372 g/mol. The van der Waals surface area contributed by atoms with E-state index in [9.17, 15) is 4.79 Å². The fourth-order valence-electron chi connectivity index (χ4n) is 4.39. The van der Waals surface area contributed by atoms with Crippen molar-refractivity contribution in [3.63, 3.8) is 0 Å². The summed E-state index contributed by atoms with van der Waals surface area (Å²) in [4.78, 5) is 13.2. The number of carbonyl (C=O) groups is 1. The summed E-state index contributed by atoms with van der Waals surface area (Å²) >= 11 is 0. The van der Waals surface area contributed by atoms with Crippen molar-refractivity contribution in [2.45, 2.75) is 46.6 Å². The first-order valence-electron chi connectivity index (χ1n) is 10.1. The summed E-state index contributed by atoms with van der Waals surface area (Å²) in [6.07, 6.45) is 5.31. The molecule has 3 atom stereocenters. The van der Waals surface area contributed by atoms with Crippen LogP contribution in [-0.2, 0) is 18.4 Å². The van der Waals surface area contributed by atoms with E-state index in [1.54, 1.807) is 0 Å². The minimum atomic E-state index is 0.0634. The topological polar surface area (TPSA) is 77.9 Å². The Labute approximate surface area is 162 Å². The number of amides is 1. The third kappa shape index (κ3) is 4.26. The van der Waals surface area contributed by atoms with Gasteiger partial charge in [-0.15, -0.1) is 0 Å². The lowest BCUT2D eigenvalue weighted by Gasteiger charge is -2.36. The Morgan fingerprint density at radius 2 is 2.19 bits per heavy atom. The highest BCUT2D eigenvalue weighted by Crippen LogP contribution is 2.38. The van der Waals surface area contributed by atoms with Crippen LogP contribution in [0, 0.1) is 23.7 Å². The van der Waals surface area contributed by atoms with Crippen LogP contribution in [0.1, 0.15) is 40.0 Å². The van der Waals surface area contributed by atoms with E-state index in [1.807, 2.05) is 40.7 Å². The first-order valence-corrected chi connectivity index (χ1v) is 10.1. The first kappa shape index (κ1) is 19.7. The molecule has 0 aromatic carbocycles. The van der Waals surface area contributed by atoms with E-state index in [1.165, 1.54) is 6.42 Å². The highest BCUT2D eigenvalue weighted by molar-refractivity contribution is 5.92. The molecular formula is C21H33N5O. The van der Waals surface area contributed by atoms with E-state index in [-0.39, 0.29) is 11.8 Å². The molecule has 0 radical (unpaired) electrons. The zero-order valence-corrected chi connectivity index (χ0v) is 17.0. The Hall–Kier alpha value is -2.08. The van der Waals surface area contributed by atoms with Crippen LogP contribution in [0.2, 0.25) is 0 Å². The molecule has 1 aliphatic carbocycles. The average Bonchev–Trinajstić information content (AvgIpc) is 3.21. The molecule has 6 heteroatoms. The van der Waals surface area contributed by atoms with Crippen LogP contribution in [0.5, 0.6) is 0 Å². The molecule has 3 N–H and O–H groups in total. The molecule has 0 spiro atoms. The normalized spacial score (nSPS) is 23.0. The van der Waals surface area contributed by atoms with E-state index >= 15 is 0 Å². The number of nitrogens with one attached hydrogen (secondary N) is 1.